The third-order valence-corrected chi connectivity index (χ3v) is 2.91. The largest absolute Gasteiger partial charge is 0.335 e. The molecule has 0 radical (unpaired) electrons. The molecule has 0 fully saturated rings. The van der Waals surface area contributed by atoms with Gasteiger partial charge in [-0.15, -0.1) is 0 Å². The Labute approximate surface area is 106 Å². The van der Waals surface area contributed by atoms with Crippen molar-refractivity contribution in [3.63, 3.8) is 0 Å². The van der Waals surface area contributed by atoms with Gasteiger partial charge in [-0.3, -0.25) is 0 Å². The summed E-state index contributed by atoms with van der Waals surface area (Å²) in [6.07, 6.45) is 7.58. The molecule has 18 heavy (non-hydrogen) atoms. The Hall–Kier alpha value is -2.36. The number of para-hydroxylation sites is 2. The molecule has 1 N–H and O–H groups in total. The van der Waals surface area contributed by atoms with E-state index < -0.39 is 0 Å². The summed E-state index contributed by atoms with van der Waals surface area (Å²) in [5, 5.41) is 3.31. The van der Waals surface area contributed by atoms with E-state index in [0.717, 1.165) is 29.6 Å². The van der Waals surface area contributed by atoms with Crippen LogP contribution in [-0.2, 0) is 0 Å². The number of hydrogen-bond donors (Lipinski definition) is 1. The summed E-state index contributed by atoms with van der Waals surface area (Å²) in [7, 11) is 0. The van der Waals surface area contributed by atoms with E-state index >= 15 is 0 Å². The Morgan fingerprint density at radius 3 is 2.94 bits per heavy atom. The second-order valence-corrected chi connectivity index (χ2v) is 4.05. The van der Waals surface area contributed by atoms with Gasteiger partial charge in [0, 0.05) is 18.9 Å². The molecule has 2 heterocycles. The van der Waals surface area contributed by atoms with Gasteiger partial charge in [0.2, 0.25) is 0 Å². The van der Waals surface area contributed by atoms with Crippen LogP contribution in [0.1, 0.15) is 6.92 Å². The van der Waals surface area contributed by atoms with E-state index in [-0.39, 0.29) is 0 Å². The third-order valence-electron chi connectivity index (χ3n) is 2.91. The molecule has 0 aliphatic carbocycles. The summed E-state index contributed by atoms with van der Waals surface area (Å²) in [4.78, 5) is 10.9. The molecule has 0 saturated heterocycles. The summed E-state index contributed by atoms with van der Waals surface area (Å²) in [6.45, 7) is 2.81. The summed E-state index contributed by atoms with van der Waals surface area (Å²) in [6, 6.07) is 8.19. The van der Waals surface area contributed by atoms with Crippen LogP contribution in [0.4, 0.5) is 23.0 Å². The predicted octanol–water partition coefficient (Wildman–Crippen LogP) is 3.25. The van der Waals surface area contributed by atoms with Crippen LogP contribution in [0.15, 0.2) is 48.8 Å². The average molecular weight is 238 g/mol. The summed E-state index contributed by atoms with van der Waals surface area (Å²) < 4.78 is 0. The molecule has 3 rings (SSSR count). The SMILES string of the molecule is C/C=C/CN1c2ccccc2Nc2nccnc21. The van der Waals surface area contributed by atoms with Crippen molar-refractivity contribution in [1.82, 2.24) is 9.97 Å². The second-order valence-electron chi connectivity index (χ2n) is 4.05. The van der Waals surface area contributed by atoms with Crippen LogP contribution < -0.4 is 10.2 Å². The summed E-state index contributed by atoms with van der Waals surface area (Å²) >= 11 is 0. The Morgan fingerprint density at radius 2 is 2.06 bits per heavy atom. The van der Waals surface area contributed by atoms with Gasteiger partial charge in [0.25, 0.3) is 0 Å². The van der Waals surface area contributed by atoms with Crippen molar-refractivity contribution in [2.75, 3.05) is 16.8 Å². The lowest BCUT2D eigenvalue weighted by atomic mass is 10.2. The molecule has 1 aliphatic rings. The fraction of sp³-hybridized carbons (Fsp3) is 0.143. The number of hydrogen-bond acceptors (Lipinski definition) is 4. The molecule has 0 unspecified atom stereocenters. The number of aromatic nitrogens is 2. The van der Waals surface area contributed by atoms with E-state index in [9.17, 15) is 0 Å². The van der Waals surface area contributed by atoms with Crippen LogP contribution in [-0.4, -0.2) is 16.5 Å². The van der Waals surface area contributed by atoms with Gasteiger partial charge in [-0.25, -0.2) is 9.97 Å². The van der Waals surface area contributed by atoms with Crippen LogP contribution in [0.5, 0.6) is 0 Å². The number of rotatable bonds is 2. The Balaban J connectivity index is 2.11. The van der Waals surface area contributed by atoms with Gasteiger partial charge < -0.3 is 10.2 Å². The highest BCUT2D eigenvalue weighted by Crippen LogP contribution is 2.40. The maximum absolute atomic E-state index is 4.42. The number of fused-ring (bicyclic) bond motifs is 2. The lowest BCUT2D eigenvalue weighted by Crippen LogP contribution is -2.24. The Morgan fingerprint density at radius 1 is 1.22 bits per heavy atom. The monoisotopic (exact) mass is 238 g/mol. The van der Waals surface area contributed by atoms with Crippen molar-refractivity contribution < 1.29 is 0 Å². The lowest BCUT2D eigenvalue weighted by Gasteiger charge is -2.30. The first-order valence-corrected chi connectivity index (χ1v) is 5.96. The van der Waals surface area contributed by atoms with Crippen molar-refractivity contribution >= 4 is 23.0 Å². The first-order valence-electron chi connectivity index (χ1n) is 5.96. The molecule has 4 heteroatoms. The lowest BCUT2D eigenvalue weighted by molar-refractivity contribution is 1.01. The molecule has 0 saturated carbocycles. The molecule has 1 aromatic carbocycles. The first-order chi connectivity index (χ1) is 8.90. The van der Waals surface area contributed by atoms with Gasteiger partial charge in [-0.2, -0.15) is 0 Å². The van der Waals surface area contributed by atoms with E-state index in [1.807, 2.05) is 25.1 Å². The maximum Gasteiger partial charge on any atom is 0.176 e. The molecule has 0 spiro atoms. The van der Waals surface area contributed by atoms with Gasteiger partial charge in [0.15, 0.2) is 11.6 Å². The quantitative estimate of drug-likeness (QED) is 0.815. The third kappa shape index (κ3) is 1.72. The van der Waals surface area contributed by atoms with Gasteiger partial charge in [0.05, 0.1) is 11.4 Å². The fourth-order valence-corrected chi connectivity index (χ4v) is 2.07. The number of benzene rings is 1. The normalized spacial score (nSPS) is 13.1. The Bertz CT molecular complexity index is 546. The smallest absolute Gasteiger partial charge is 0.176 e. The van der Waals surface area contributed by atoms with E-state index in [1.54, 1.807) is 12.4 Å². The molecule has 90 valence electrons. The topological polar surface area (TPSA) is 41.0 Å². The first kappa shape index (κ1) is 10.8. The van der Waals surface area contributed by atoms with E-state index in [4.69, 9.17) is 0 Å². The predicted molar refractivity (Wildman–Crippen MR) is 73.6 cm³/mol. The van der Waals surface area contributed by atoms with Gasteiger partial charge in [-0.1, -0.05) is 24.3 Å². The highest BCUT2D eigenvalue weighted by molar-refractivity contribution is 5.88. The molecule has 4 nitrogen and oxygen atoms in total. The molecule has 1 aromatic heterocycles. The van der Waals surface area contributed by atoms with Crippen molar-refractivity contribution in [3.05, 3.63) is 48.8 Å². The number of nitrogens with one attached hydrogen (secondary N) is 1. The average Bonchev–Trinajstić information content (AvgIpc) is 2.43. The Kier molecular flexibility index (Phi) is 2.68. The molecular formula is C14H14N4. The number of allylic oxidation sites excluding steroid dienone is 1. The number of anilines is 4. The molecule has 1 aliphatic heterocycles. The second kappa shape index (κ2) is 4.49. The zero-order valence-electron chi connectivity index (χ0n) is 10.2. The van der Waals surface area contributed by atoms with Gasteiger partial charge >= 0.3 is 0 Å². The highest BCUT2D eigenvalue weighted by Gasteiger charge is 2.22. The minimum absolute atomic E-state index is 0.793. The molecule has 0 atom stereocenters. The van der Waals surface area contributed by atoms with E-state index in [0.29, 0.717) is 0 Å². The maximum atomic E-state index is 4.42. The fourth-order valence-electron chi connectivity index (χ4n) is 2.07. The summed E-state index contributed by atoms with van der Waals surface area (Å²) in [5.41, 5.74) is 2.19. The van der Waals surface area contributed by atoms with Gasteiger partial charge in [-0.05, 0) is 19.1 Å². The minimum atomic E-state index is 0.793. The van der Waals surface area contributed by atoms with Crippen LogP contribution in [0.2, 0.25) is 0 Å². The minimum Gasteiger partial charge on any atom is -0.335 e. The standard InChI is InChI=1S/C14H14N4/c1-2-3-10-18-12-7-5-4-6-11(12)17-13-14(18)16-9-8-15-13/h2-9H,10H2,1H3,(H,15,17)/b3-2+. The molecule has 0 bridgehead atoms. The highest BCUT2D eigenvalue weighted by atomic mass is 15.3. The van der Waals surface area contributed by atoms with Crippen molar-refractivity contribution in [1.29, 1.82) is 0 Å². The van der Waals surface area contributed by atoms with E-state index in [1.165, 1.54) is 0 Å². The van der Waals surface area contributed by atoms with Crippen molar-refractivity contribution in [3.8, 4) is 0 Å². The van der Waals surface area contributed by atoms with Gasteiger partial charge in [0.1, 0.15) is 0 Å². The van der Waals surface area contributed by atoms with E-state index in [2.05, 4.69) is 38.4 Å². The molecule has 2 aromatic rings. The molecule has 0 amide bonds. The number of nitrogens with zero attached hydrogens (tertiary/aromatic N) is 3. The van der Waals surface area contributed by atoms with Crippen molar-refractivity contribution in [2.45, 2.75) is 6.92 Å². The van der Waals surface area contributed by atoms with Crippen molar-refractivity contribution in [2.24, 2.45) is 0 Å². The van der Waals surface area contributed by atoms with Crippen LogP contribution in [0.25, 0.3) is 0 Å². The van der Waals surface area contributed by atoms with Crippen LogP contribution in [0, 0.1) is 0 Å². The molecular weight excluding hydrogens is 224 g/mol. The zero-order chi connectivity index (χ0) is 12.4. The van der Waals surface area contributed by atoms with Crippen LogP contribution in [0.3, 0.4) is 0 Å². The summed E-state index contributed by atoms with van der Waals surface area (Å²) in [5.74, 6) is 1.68. The zero-order valence-corrected chi connectivity index (χ0v) is 10.2. The van der Waals surface area contributed by atoms with Crippen LogP contribution >= 0.6 is 0 Å².